The number of hydrogen-bond acceptors (Lipinski definition) is 4. The van der Waals surface area contributed by atoms with Crippen LogP contribution in [0.4, 0.5) is 5.69 Å². The molecular weight excluding hydrogens is 451 g/mol. The van der Waals surface area contributed by atoms with Gasteiger partial charge in [0.15, 0.2) is 0 Å². The predicted octanol–water partition coefficient (Wildman–Crippen LogP) is 4.99. The van der Waals surface area contributed by atoms with Crippen molar-refractivity contribution in [1.82, 2.24) is 5.32 Å². The Morgan fingerprint density at radius 3 is 2.17 bits per heavy atom. The molecule has 9 heteroatoms. The maximum Gasteiger partial charge on any atom is 0.326 e. The molecule has 0 radical (unpaired) electrons. The average molecular weight is 472 g/mol. The average Bonchev–Trinajstić information content (AvgIpc) is 2.63. The molecule has 0 atom stereocenters. The molecule has 2 rings (SSSR count). The number of hydrogen-bond donors (Lipinski definition) is 1. The number of esters is 1. The summed E-state index contributed by atoms with van der Waals surface area (Å²) in [6, 6.07) is 9.02. The fourth-order valence-electron chi connectivity index (χ4n) is 2.62. The first-order valence-corrected chi connectivity index (χ1v) is 10.1. The van der Waals surface area contributed by atoms with Crippen LogP contribution in [-0.2, 0) is 9.53 Å². The molecule has 0 aliphatic carbocycles. The molecule has 0 spiro atoms. The second kappa shape index (κ2) is 9.69. The van der Waals surface area contributed by atoms with Gasteiger partial charge in [-0.05, 0) is 51.1 Å². The van der Waals surface area contributed by atoms with Gasteiger partial charge < -0.3 is 10.1 Å². The van der Waals surface area contributed by atoms with Crippen molar-refractivity contribution in [1.29, 1.82) is 0 Å². The Balaban J connectivity index is 2.53. The SMILES string of the molecule is CNC(=O)c1cccc(N(CC(=O)OC(C)(C)C)C(=O)c2c(Cl)cc(Cl)cc2Cl)c1. The Hall–Kier alpha value is -2.28. The number of amides is 2. The van der Waals surface area contributed by atoms with Crippen LogP contribution in [0.2, 0.25) is 15.1 Å². The molecule has 0 unspecified atom stereocenters. The molecular formula is C21H21Cl3N2O4. The third kappa shape index (κ3) is 6.11. The van der Waals surface area contributed by atoms with Gasteiger partial charge in [0.05, 0.1) is 15.6 Å². The summed E-state index contributed by atoms with van der Waals surface area (Å²) in [4.78, 5) is 39.0. The first kappa shape index (κ1) is 24.0. The van der Waals surface area contributed by atoms with Gasteiger partial charge in [0.25, 0.3) is 11.8 Å². The number of carbonyl (C=O) groups is 3. The molecule has 0 heterocycles. The molecule has 0 aromatic heterocycles. The first-order valence-electron chi connectivity index (χ1n) is 8.93. The van der Waals surface area contributed by atoms with Crippen molar-refractivity contribution in [3.63, 3.8) is 0 Å². The minimum absolute atomic E-state index is 0.0170. The van der Waals surface area contributed by atoms with Crippen molar-refractivity contribution in [2.45, 2.75) is 26.4 Å². The Morgan fingerprint density at radius 2 is 1.63 bits per heavy atom. The van der Waals surface area contributed by atoms with Crippen LogP contribution in [0, 0.1) is 0 Å². The molecule has 1 N–H and O–H groups in total. The fraction of sp³-hybridized carbons (Fsp3) is 0.286. The largest absolute Gasteiger partial charge is 0.459 e. The van der Waals surface area contributed by atoms with Crippen molar-refractivity contribution >= 4 is 58.3 Å². The van der Waals surface area contributed by atoms with Gasteiger partial charge in [0.2, 0.25) is 0 Å². The Labute approximate surface area is 190 Å². The molecule has 0 aliphatic heterocycles. The van der Waals surface area contributed by atoms with Crippen molar-refractivity contribution in [3.8, 4) is 0 Å². The number of rotatable bonds is 5. The summed E-state index contributed by atoms with van der Waals surface area (Å²) < 4.78 is 5.35. The zero-order valence-corrected chi connectivity index (χ0v) is 19.2. The molecule has 160 valence electrons. The topological polar surface area (TPSA) is 75.7 Å². The summed E-state index contributed by atoms with van der Waals surface area (Å²) >= 11 is 18.4. The lowest BCUT2D eigenvalue weighted by Crippen LogP contribution is -2.39. The van der Waals surface area contributed by atoms with Crippen LogP contribution in [0.3, 0.4) is 0 Å². The summed E-state index contributed by atoms with van der Waals surface area (Å²) in [5.41, 5.74) is -0.151. The van der Waals surface area contributed by atoms with Gasteiger partial charge in [-0.1, -0.05) is 40.9 Å². The zero-order chi connectivity index (χ0) is 22.6. The number of ether oxygens (including phenoxy) is 1. The Bertz CT molecular complexity index is 963. The van der Waals surface area contributed by atoms with E-state index in [1.165, 1.54) is 25.2 Å². The lowest BCUT2D eigenvalue weighted by atomic mass is 10.1. The maximum atomic E-state index is 13.4. The first-order chi connectivity index (χ1) is 13.9. The van der Waals surface area contributed by atoms with Crippen LogP contribution in [0.25, 0.3) is 0 Å². The highest BCUT2D eigenvalue weighted by molar-refractivity contribution is 6.42. The van der Waals surface area contributed by atoms with Gasteiger partial charge in [-0.25, -0.2) is 0 Å². The van der Waals surface area contributed by atoms with E-state index in [2.05, 4.69) is 5.32 Å². The summed E-state index contributed by atoms with van der Waals surface area (Å²) in [6.07, 6.45) is 0. The van der Waals surface area contributed by atoms with Gasteiger partial charge in [-0.15, -0.1) is 0 Å². The maximum absolute atomic E-state index is 13.4. The second-order valence-electron chi connectivity index (χ2n) is 7.35. The summed E-state index contributed by atoms with van der Waals surface area (Å²) in [7, 11) is 1.49. The smallest absolute Gasteiger partial charge is 0.326 e. The van der Waals surface area contributed by atoms with E-state index >= 15 is 0 Å². The summed E-state index contributed by atoms with van der Waals surface area (Å²) in [5, 5.41) is 2.85. The van der Waals surface area contributed by atoms with Gasteiger partial charge in [0.1, 0.15) is 12.1 Å². The molecule has 30 heavy (non-hydrogen) atoms. The Morgan fingerprint density at radius 1 is 1.03 bits per heavy atom. The number of nitrogens with one attached hydrogen (secondary N) is 1. The van der Waals surface area contributed by atoms with Crippen LogP contribution in [0.15, 0.2) is 36.4 Å². The van der Waals surface area contributed by atoms with Gasteiger partial charge in [0, 0.05) is 23.3 Å². The number of nitrogens with zero attached hydrogens (tertiary/aromatic N) is 1. The van der Waals surface area contributed by atoms with Crippen LogP contribution < -0.4 is 10.2 Å². The van der Waals surface area contributed by atoms with Gasteiger partial charge in [-0.3, -0.25) is 19.3 Å². The molecule has 0 saturated carbocycles. The molecule has 6 nitrogen and oxygen atoms in total. The number of carbonyl (C=O) groups excluding carboxylic acids is 3. The van der Waals surface area contributed by atoms with E-state index in [4.69, 9.17) is 39.5 Å². The van der Waals surface area contributed by atoms with E-state index in [0.717, 1.165) is 4.90 Å². The minimum atomic E-state index is -0.745. The molecule has 2 aromatic carbocycles. The lowest BCUT2D eigenvalue weighted by molar-refractivity contribution is -0.152. The highest BCUT2D eigenvalue weighted by Gasteiger charge is 2.28. The van der Waals surface area contributed by atoms with E-state index in [0.29, 0.717) is 11.3 Å². The summed E-state index contributed by atoms with van der Waals surface area (Å²) in [6.45, 7) is 4.74. The van der Waals surface area contributed by atoms with Crippen molar-refractivity contribution < 1.29 is 19.1 Å². The van der Waals surface area contributed by atoms with Crippen LogP contribution in [0.1, 0.15) is 41.5 Å². The highest BCUT2D eigenvalue weighted by Crippen LogP contribution is 2.31. The zero-order valence-electron chi connectivity index (χ0n) is 16.9. The number of benzene rings is 2. The molecule has 2 amide bonds. The third-order valence-corrected chi connectivity index (χ3v) is 4.63. The normalized spacial score (nSPS) is 11.0. The van der Waals surface area contributed by atoms with Crippen LogP contribution in [0.5, 0.6) is 0 Å². The highest BCUT2D eigenvalue weighted by atomic mass is 35.5. The van der Waals surface area contributed by atoms with E-state index in [9.17, 15) is 14.4 Å². The molecule has 0 aliphatic rings. The molecule has 0 fully saturated rings. The van der Waals surface area contributed by atoms with Gasteiger partial charge >= 0.3 is 5.97 Å². The van der Waals surface area contributed by atoms with E-state index in [-0.39, 0.29) is 26.5 Å². The monoisotopic (exact) mass is 470 g/mol. The number of halogens is 3. The van der Waals surface area contributed by atoms with E-state index < -0.39 is 24.0 Å². The van der Waals surface area contributed by atoms with Crippen LogP contribution >= 0.6 is 34.8 Å². The fourth-order valence-corrected chi connectivity index (χ4v) is 3.60. The Kier molecular flexibility index (Phi) is 7.75. The van der Waals surface area contributed by atoms with E-state index in [1.807, 2.05) is 0 Å². The van der Waals surface area contributed by atoms with Gasteiger partial charge in [-0.2, -0.15) is 0 Å². The molecule has 2 aromatic rings. The second-order valence-corrected chi connectivity index (χ2v) is 8.60. The molecule has 0 saturated heterocycles. The third-order valence-electron chi connectivity index (χ3n) is 3.82. The number of anilines is 1. The quantitative estimate of drug-likeness (QED) is 0.623. The van der Waals surface area contributed by atoms with Crippen molar-refractivity contribution in [3.05, 3.63) is 62.6 Å². The van der Waals surface area contributed by atoms with Crippen LogP contribution in [-0.4, -0.2) is 37.0 Å². The lowest BCUT2D eigenvalue weighted by Gasteiger charge is -2.26. The van der Waals surface area contributed by atoms with Crippen molar-refractivity contribution in [2.24, 2.45) is 0 Å². The minimum Gasteiger partial charge on any atom is -0.459 e. The van der Waals surface area contributed by atoms with E-state index in [1.54, 1.807) is 39.0 Å². The predicted molar refractivity (Wildman–Crippen MR) is 119 cm³/mol. The summed E-state index contributed by atoms with van der Waals surface area (Å²) in [5.74, 6) is -1.62. The molecule has 0 bridgehead atoms. The van der Waals surface area contributed by atoms with Crippen molar-refractivity contribution in [2.75, 3.05) is 18.5 Å². The standard InChI is InChI=1S/C21H21Cl3N2O4/c1-21(2,3)30-17(27)11-26(14-7-5-6-12(8-14)19(28)25-4)20(29)18-15(23)9-13(22)10-16(18)24/h5-10H,11H2,1-4H3,(H,25,28).